The molecule has 0 radical (unpaired) electrons. The molecule has 9 heteroatoms. The van der Waals surface area contributed by atoms with Gasteiger partial charge in [-0.3, -0.25) is 5.10 Å². The SMILES string of the molecule is CC1COCCN1c1cc(C#CC2(O)CCC3(CCOCC3)CC2)c2cnn(-c3ccn[nH]3)c2n1. The lowest BCUT2D eigenvalue weighted by Gasteiger charge is -2.44. The van der Waals surface area contributed by atoms with Gasteiger partial charge in [0.2, 0.25) is 0 Å². The summed E-state index contributed by atoms with van der Waals surface area (Å²) < 4.78 is 13.0. The highest BCUT2D eigenvalue weighted by atomic mass is 16.5. The Morgan fingerprint density at radius 3 is 2.69 bits per heavy atom. The average molecular weight is 477 g/mol. The maximum atomic E-state index is 11.4. The van der Waals surface area contributed by atoms with Crippen LogP contribution in [0.4, 0.5) is 5.82 Å². The first-order chi connectivity index (χ1) is 17.0. The number of pyridine rings is 1. The second kappa shape index (κ2) is 8.94. The van der Waals surface area contributed by atoms with E-state index in [-0.39, 0.29) is 6.04 Å². The van der Waals surface area contributed by atoms with Crippen LogP contribution >= 0.6 is 0 Å². The van der Waals surface area contributed by atoms with Crippen molar-refractivity contribution < 1.29 is 14.6 Å². The number of fused-ring (bicyclic) bond motifs is 1. The third-order valence-corrected chi connectivity index (χ3v) is 8.03. The Bertz CT molecular complexity index is 1240. The Kier molecular flexibility index (Phi) is 5.75. The number of hydrogen-bond donors (Lipinski definition) is 2. The van der Waals surface area contributed by atoms with Gasteiger partial charge in [-0.15, -0.1) is 0 Å². The molecule has 1 spiro atoms. The first-order valence-electron chi connectivity index (χ1n) is 12.6. The van der Waals surface area contributed by atoms with Gasteiger partial charge in [-0.25, -0.2) is 4.98 Å². The summed E-state index contributed by atoms with van der Waals surface area (Å²) in [5.41, 5.74) is 0.895. The van der Waals surface area contributed by atoms with Crippen molar-refractivity contribution in [2.24, 2.45) is 5.41 Å². The molecule has 1 saturated carbocycles. The van der Waals surface area contributed by atoms with Crippen LogP contribution in [0.2, 0.25) is 0 Å². The van der Waals surface area contributed by atoms with E-state index < -0.39 is 5.60 Å². The number of aromatic amines is 1. The van der Waals surface area contributed by atoms with Crippen LogP contribution in [0.5, 0.6) is 0 Å². The molecular weight excluding hydrogens is 444 g/mol. The van der Waals surface area contributed by atoms with Gasteiger partial charge < -0.3 is 19.5 Å². The zero-order valence-electron chi connectivity index (χ0n) is 20.2. The van der Waals surface area contributed by atoms with Crippen molar-refractivity contribution in [1.82, 2.24) is 25.0 Å². The van der Waals surface area contributed by atoms with Crippen molar-refractivity contribution in [3.8, 4) is 17.7 Å². The topological polar surface area (TPSA) is 101 Å². The van der Waals surface area contributed by atoms with E-state index in [1.54, 1.807) is 17.1 Å². The van der Waals surface area contributed by atoms with Crippen LogP contribution in [0.3, 0.4) is 0 Å². The van der Waals surface area contributed by atoms with Gasteiger partial charge in [-0.2, -0.15) is 14.9 Å². The number of nitrogens with zero attached hydrogens (tertiary/aromatic N) is 5. The maximum Gasteiger partial charge on any atom is 0.168 e. The van der Waals surface area contributed by atoms with Gasteiger partial charge in [0.05, 0.1) is 37.0 Å². The molecule has 2 aliphatic heterocycles. The van der Waals surface area contributed by atoms with Gasteiger partial charge in [-0.1, -0.05) is 11.8 Å². The molecule has 3 fully saturated rings. The second-order valence-electron chi connectivity index (χ2n) is 10.3. The van der Waals surface area contributed by atoms with Gasteiger partial charge in [-0.05, 0) is 56.9 Å². The highest BCUT2D eigenvalue weighted by molar-refractivity contribution is 5.85. The molecule has 1 aliphatic carbocycles. The molecule has 1 unspecified atom stereocenters. The van der Waals surface area contributed by atoms with Crippen molar-refractivity contribution >= 4 is 16.9 Å². The summed E-state index contributed by atoms with van der Waals surface area (Å²) in [4.78, 5) is 7.23. The van der Waals surface area contributed by atoms with Gasteiger partial charge >= 0.3 is 0 Å². The summed E-state index contributed by atoms with van der Waals surface area (Å²) in [6.07, 6.45) is 9.08. The average Bonchev–Trinajstić information content (AvgIpc) is 3.56. The van der Waals surface area contributed by atoms with E-state index in [0.717, 1.165) is 68.0 Å². The van der Waals surface area contributed by atoms with Crippen molar-refractivity contribution in [3.05, 3.63) is 30.1 Å². The number of aliphatic hydroxyl groups is 1. The van der Waals surface area contributed by atoms with Crippen LogP contribution in [0, 0.1) is 17.3 Å². The van der Waals surface area contributed by atoms with Gasteiger partial charge in [0.1, 0.15) is 11.4 Å². The molecule has 3 aliphatic rings. The first-order valence-corrected chi connectivity index (χ1v) is 12.6. The summed E-state index contributed by atoms with van der Waals surface area (Å²) in [6, 6.07) is 4.10. The second-order valence-corrected chi connectivity index (χ2v) is 10.3. The largest absolute Gasteiger partial charge is 0.381 e. The Morgan fingerprint density at radius 1 is 1.11 bits per heavy atom. The molecule has 9 nitrogen and oxygen atoms in total. The predicted molar refractivity (Wildman–Crippen MR) is 131 cm³/mol. The van der Waals surface area contributed by atoms with Gasteiger partial charge in [0.15, 0.2) is 11.5 Å². The van der Waals surface area contributed by atoms with E-state index in [4.69, 9.17) is 14.5 Å². The molecule has 0 bridgehead atoms. The molecule has 2 saturated heterocycles. The number of nitrogens with one attached hydrogen (secondary N) is 1. The summed E-state index contributed by atoms with van der Waals surface area (Å²) in [5.74, 6) is 8.19. The third-order valence-electron chi connectivity index (χ3n) is 8.03. The Balaban J connectivity index is 1.36. The van der Waals surface area contributed by atoms with Crippen LogP contribution in [0.25, 0.3) is 16.9 Å². The normalized spacial score (nSPS) is 23.8. The quantitative estimate of drug-likeness (QED) is 0.549. The zero-order valence-corrected chi connectivity index (χ0v) is 20.2. The Labute approximate surface area is 204 Å². The minimum atomic E-state index is -0.967. The smallest absolute Gasteiger partial charge is 0.168 e. The first kappa shape index (κ1) is 22.5. The number of morpholine rings is 1. The lowest BCUT2D eigenvalue weighted by molar-refractivity contribution is -0.0473. The van der Waals surface area contributed by atoms with Crippen LogP contribution in [0.1, 0.15) is 51.0 Å². The number of ether oxygens (including phenoxy) is 2. The Hall–Kier alpha value is -2.93. The van der Waals surface area contributed by atoms with Crippen molar-refractivity contribution in [1.29, 1.82) is 0 Å². The number of aromatic nitrogens is 5. The lowest BCUT2D eigenvalue weighted by Crippen LogP contribution is -2.44. The summed E-state index contributed by atoms with van der Waals surface area (Å²) in [6.45, 7) is 5.90. The number of anilines is 1. The Morgan fingerprint density at radius 2 is 1.94 bits per heavy atom. The fourth-order valence-corrected chi connectivity index (χ4v) is 5.66. The van der Waals surface area contributed by atoms with Crippen molar-refractivity contribution in [2.75, 3.05) is 37.9 Å². The van der Waals surface area contributed by atoms with Crippen molar-refractivity contribution in [3.63, 3.8) is 0 Å². The standard InChI is InChI=1S/C26H32N6O3/c1-19-18-35-15-12-31(19)23-16-20(21-17-28-32(24(21)29-23)22-3-11-27-30-22)2-4-26(33)7-5-25(6-8-26)9-13-34-14-10-25/h3,11,16-17,19,33H,5-10,12-15,18H2,1H3,(H,27,30). The van der Waals surface area contributed by atoms with Crippen LogP contribution in [0.15, 0.2) is 24.5 Å². The molecule has 5 heterocycles. The van der Waals surface area contributed by atoms with E-state index in [1.165, 1.54) is 0 Å². The number of H-pyrrole nitrogens is 1. The minimum Gasteiger partial charge on any atom is -0.381 e. The van der Waals surface area contributed by atoms with Crippen LogP contribution in [-0.4, -0.2) is 74.7 Å². The predicted octanol–water partition coefficient (Wildman–Crippen LogP) is 2.82. The lowest BCUT2D eigenvalue weighted by atomic mass is 9.65. The maximum absolute atomic E-state index is 11.4. The van der Waals surface area contributed by atoms with Gasteiger partial charge in [0, 0.05) is 31.4 Å². The molecule has 2 N–H and O–H groups in total. The van der Waals surface area contributed by atoms with E-state index in [9.17, 15) is 5.11 Å². The van der Waals surface area contributed by atoms with E-state index in [2.05, 4.69) is 39.0 Å². The molecule has 35 heavy (non-hydrogen) atoms. The van der Waals surface area contributed by atoms with Gasteiger partial charge in [0.25, 0.3) is 0 Å². The summed E-state index contributed by atoms with van der Waals surface area (Å²) >= 11 is 0. The van der Waals surface area contributed by atoms with E-state index >= 15 is 0 Å². The molecule has 3 aromatic heterocycles. The highest BCUT2D eigenvalue weighted by Crippen LogP contribution is 2.47. The fraction of sp³-hybridized carbons (Fsp3) is 0.577. The number of hydrogen-bond acceptors (Lipinski definition) is 7. The van der Waals surface area contributed by atoms with E-state index in [0.29, 0.717) is 37.1 Å². The summed E-state index contributed by atoms with van der Waals surface area (Å²) in [7, 11) is 0. The fourth-order valence-electron chi connectivity index (χ4n) is 5.66. The molecule has 0 aromatic carbocycles. The highest BCUT2D eigenvalue weighted by Gasteiger charge is 2.41. The van der Waals surface area contributed by atoms with Crippen molar-refractivity contribution in [2.45, 2.75) is 57.1 Å². The van der Waals surface area contributed by atoms with Crippen LogP contribution < -0.4 is 4.90 Å². The van der Waals surface area contributed by atoms with E-state index in [1.807, 2.05) is 12.1 Å². The molecule has 184 valence electrons. The minimum absolute atomic E-state index is 0.205. The van der Waals surface area contributed by atoms with Crippen LogP contribution in [-0.2, 0) is 9.47 Å². The molecular formula is C26H32N6O3. The summed E-state index contributed by atoms with van der Waals surface area (Å²) in [5, 5.41) is 23.8. The molecule has 0 amide bonds. The monoisotopic (exact) mass is 476 g/mol. The number of rotatable bonds is 2. The molecule has 1 atom stereocenters. The third kappa shape index (κ3) is 4.31. The zero-order chi connectivity index (χ0) is 23.9. The molecule has 3 aromatic rings. The molecule has 6 rings (SSSR count).